The van der Waals surface area contributed by atoms with E-state index in [1.165, 1.54) is 25.9 Å². The summed E-state index contributed by atoms with van der Waals surface area (Å²) in [6.45, 7) is 3.32. The lowest BCUT2D eigenvalue weighted by Crippen LogP contribution is -2.57. The lowest BCUT2D eigenvalue weighted by Gasteiger charge is -2.44. The number of nitrogens with zero attached hydrogens (tertiary/aromatic N) is 2. The van der Waals surface area contributed by atoms with Gasteiger partial charge in [-0.15, -0.1) is 0 Å². The fourth-order valence-electron chi connectivity index (χ4n) is 4.03. The molecule has 2 aromatic rings. The molecule has 5 nitrogen and oxygen atoms in total. The van der Waals surface area contributed by atoms with Gasteiger partial charge in [-0.2, -0.15) is 0 Å². The highest BCUT2D eigenvalue weighted by molar-refractivity contribution is 5.94. The van der Waals surface area contributed by atoms with Crippen LogP contribution in [0.5, 0.6) is 5.75 Å². The molecule has 3 saturated heterocycles. The number of phenols is 1. The number of amides is 1. The second kappa shape index (κ2) is 5.98. The number of piperidine rings is 3. The van der Waals surface area contributed by atoms with E-state index in [1.807, 2.05) is 35.9 Å². The van der Waals surface area contributed by atoms with Crippen molar-refractivity contribution in [2.75, 3.05) is 19.6 Å². The van der Waals surface area contributed by atoms with Gasteiger partial charge in [0.05, 0.1) is 0 Å². The van der Waals surface area contributed by atoms with E-state index in [0.717, 1.165) is 17.8 Å². The molecule has 5 rings (SSSR count). The molecule has 0 aliphatic carbocycles. The summed E-state index contributed by atoms with van der Waals surface area (Å²) in [7, 11) is 1.91. The Kier molecular flexibility index (Phi) is 3.81. The Morgan fingerprint density at radius 3 is 2.46 bits per heavy atom. The average molecular weight is 325 g/mol. The normalized spacial score (nSPS) is 25.6. The second-order valence-corrected chi connectivity index (χ2v) is 6.93. The smallest absolute Gasteiger partial charge is 0.268 e. The zero-order valence-corrected chi connectivity index (χ0v) is 13.9. The molecule has 2 bridgehead atoms. The van der Waals surface area contributed by atoms with Crippen molar-refractivity contribution in [3.63, 3.8) is 0 Å². The first-order chi connectivity index (χ1) is 11.6. The van der Waals surface area contributed by atoms with Crippen molar-refractivity contribution < 1.29 is 9.90 Å². The van der Waals surface area contributed by atoms with Crippen LogP contribution in [0.3, 0.4) is 0 Å². The molecule has 3 fully saturated rings. The molecule has 0 unspecified atom stereocenters. The fourth-order valence-corrected chi connectivity index (χ4v) is 4.03. The van der Waals surface area contributed by atoms with E-state index in [2.05, 4.69) is 10.2 Å². The summed E-state index contributed by atoms with van der Waals surface area (Å²) in [6.07, 6.45) is 2.38. The number of benzene rings is 1. The van der Waals surface area contributed by atoms with Crippen LogP contribution in [0, 0.1) is 5.92 Å². The van der Waals surface area contributed by atoms with Gasteiger partial charge < -0.3 is 19.9 Å². The number of aromatic hydroxyl groups is 1. The third-order valence-corrected chi connectivity index (χ3v) is 5.49. The SMILES string of the molecule is Cn1c(C(=O)N[C@H]2CN3CCC2CC3)ccc1-c1ccc(O)cc1. The molecule has 126 valence electrons. The van der Waals surface area contributed by atoms with Crippen LogP contribution in [-0.4, -0.2) is 46.2 Å². The fraction of sp³-hybridized carbons (Fsp3) is 0.421. The zero-order valence-electron chi connectivity index (χ0n) is 13.9. The third kappa shape index (κ3) is 2.69. The first-order valence-corrected chi connectivity index (χ1v) is 8.60. The minimum absolute atomic E-state index is 0.00118. The Bertz CT molecular complexity index is 742. The van der Waals surface area contributed by atoms with Gasteiger partial charge in [0.1, 0.15) is 11.4 Å². The van der Waals surface area contributed by atoms with Gasteiger partial charge in [0, 0.05) is 25.3 Å². The van der Waals surface area contributed by atoms with Crippen LogP contribution >= 0.6 is 0 Å². The number of rotatable bonds is 3. The summed E-state index contributed by atoms with van der Waals surface area (Å²) in [5.41, 5.74) is 2.63. The number of phenolic OH excluding ortho intramolecular Hbond substituents is 1. The molecule has 3 aliphatic rings. The predicted octanol–water partition coefficient (Wildman–Crippen LogP) is 2.22. The Labute approximate surface area is 141 Å². The molecular weight excluding hydrogens is 302 g/mol. The van der Waals surface area contributed by atoms with Gasteiger partial charge in [0.25, 0.3) is 5.91 Å². The van der Waals surface area contributed by atoms with Gasteiger partial charge in [-0.3, -0.25) is 4.79 Å². The molecule has 2 N–H and O–H groups in total. The van der Waals surface area contributed by atoms with Crippen LogP contribution in [0.4, 0.5) is 0 Å². The molecule has 1 atom stereocenters. The van der Waals surface area contributed by atoms with Gasteiger partial charge in [0.2, 0.25) is 0 Å². The van der Waals surface area contributed by atoms with Crippen LogP contribution in [0.15, 0.2) is 36.4 Å². The quantitative estimate of drug-likeness (QED) is 0.910. The van der Waals surface area contributed by atoms with Crippen molar-refractivity contribution in [2.24, 2.45) is 13.0 Å². The lowest BCUT2D eigenvalue weighted by atomic mass is 9.84. The van der Waals surface area contributed by atoms with E-state index in [4.69, 9.17) is 0 Å². The first kappa shape index (κ1) is 15.3. The first-order valence-electron chi connectivity index (χ1n) is 8.60. The van der Waals surface area contributed by atoms with Gasteiger partial charge in [-0.05, 0) is 73.8 Å². The topological polar surface area (TPSA) is 57.5 Å². The molecule has 1 aromatic heterocycles. The maximum Gasteiger partial charge on any atom is 0.268 e. The highest BCUT2D eigenvalue weighted by Gasteiger charge is 2.35. The standard InChI is InChI=1S/C19H23N3O2/c1-21-17(14-2-4-15(23)5-3-14)6-7-18(21)19(24)20-16-12-22-10-8-13(16)9-11-22/h2-7,13,16,23H,8-12H2,1H3,(H,20,24)/t16-/m0/s1. The van der Waals surface area contributed by atoms with Crippen molar-refractivity contribution in [1.29, 1.82) is 0 Å². The molecule has 3 aliphatic heterocycles. The van der Waals surface area contributed by atoms with Gasteiger partial charge in [-0.25, -0.2) is 0 Å². The van der Waals surface area contributed by atoms with Crippen LogP contribution in [-0.2, 0) is 7.05 Å². The number of hydrogen-bond donors (Lipinski definition) is 2. The van der Waals surface area contributed by atoms with Crippen molar-refractivity contribution in [3.8, 4) is 17.0 Å². The van der Waals surface area contributed by atoms with Crippen LogP contribution in [0.2, 0.25) is 0 Å². The molecule has 0 saturated carbocycles. The van der Waals surface area contributed by atoms with Gasteiger partial charge >= 0.3 is 0 Å². The molecular formula is C19H23N3O2. The highest BCUT2D eigenvalue weighted by atomic mass is 16.3. The van der Waals surface area contributed by atoms with Crippen molar-refractivity contribution in [1.82, 2.24) is 14.8 Å². The highest BCUT2D eigenvalue weighted by Crippen LogP contribution is 2.28. The number of carbonyl (C=O) groups excluding carboxylic acids is 1. The Hall–Kier alpha value is -2.27. The molecule has 0 radical (unpaired) electrons. The van der Waals surface area contributed by atoms with E-state index < -0.39 is 0 Å². The Morgan fingerprint density at radius 2 is 1.83 bits per heavy atom. The molecule has 1 amide bonds. The number of hydrogen-bond acceptors (Lipinski definition) is 3. The van der Waals surface area contributed by atoms with Crippen LogP contribution in [0.25, 0.3) is 11.3 Å². The van der Waals surface area contributed by atoms with Gasteiger partial charge in [0.15, 0.2) is 0 Å². The van der Waals surface area contributed by atoms with Crippen molar-refractivity contribution in [2.45, 2.75) is 18.9 Å². The summed E-state index contributed by atoms with van der Waals surface area (Å²) < 4.78 is 1.92. The van der Waals surface area contributed by atoms with E-state index in [0.29, 0.717) is 11.6 Å². The van der Waals surface area contributed by atoms with Crippen LogP contribution in [0.1, 0.15) is 23.3 Å². The molecule has 24 heavy (non-hydrogen) atoms. The maximum atomic E-state index is 12.7. The molecule has 5 heteroatoms. The summed E-state index contributed by atoms with van der Waals surface area (Å²) in [6, 6.07) is 11.1. The van der Waals surface area contributed by atoms with E-state index in [1.54, 1.807) is 12.1 Å². The summed E-state index contributed by atoms with van der Waals surface area (Å²) >= 11 is 0. The van der Waals surface area contributed by atoms with Gasteiger partial charge in [-0.1, -0.05) is 0 Å². The number of carbonyl (C=O) groups is 1. The molecule has 4 heterocycles. The monoisotopic (exact) mass is 325 g/mol. The Balaban J connectivity index is 1.52. The predicted molar refractivity (Wildman–Crippen MR) is 92.9 cm³/mol. The summed E-state index contributed by atoms with van der Waals surface area (Å²) in [5, 5.41) is 12.7. The second-order valence-electron chi connectivity index (χ2n) is 6.93. The maximum absolute atomic E-state index is 12.7. The van der Waals surface area contributed by atoms with Crippen molar-refractivity contribution >= 4 is 5.91 Å². The number of aromatic nitrogens is 1. The molecule has 0 spiro atoms. The van der Waals surface area contributed by atoms with E-state index in [9.17, 15) is 9.90 Å². The average Bonchev–Trinajstić information content (AvgIpc) is 2.98. The lowest BCUT2D eigenvalue weighted by molar-refractivity contribution is 0.0616. The summed E-state index contributed by atoms with van der Waals surface area (Å²) in [4.78, 5) is 15.2. The Morgan fingerprint density at radius 1 is 1.12 bits per heavy atom. The van der Waals surface area contributed by atoms with E-state index >= 15 is 0 Å². The van der Waals surface area contributed by atoms with Crippen LogP contribution < -0.4 is 5.32 Å². The van der Waals surface area contributed by atoms with E-state index in [-0.39, 0.29) is 17.7 Å². The summed E-state index contributed by atoms with van der Waals surface area (Å²) in [5.74, 6) is 0.866. The zero-order chi connectivity index (χ0) is 16.7. The third-order valence-electron chi connectivity index (χ3n) is 5.49. The minimum Gasteiger partial charge on any atom is -0.508 e. The number of fused-ring (bicyclic) bond motifs is 3. The molecule has 1 aromatic carbocycles. The minimum atomic E-state index is 0.00118. The number of nitrogens with one attached hydrogen (secondary N) is 1. The largest absolute Gasteiger partial charge is 0.508 e. The van der Waals surface area contributed by atoms with Crippen molar-refractivity contribution in [3.05, 3.63) is 42.1 Å².